The molecular formula is C50H33N3O2S. The quantitative estimate of drug-likeness (QED) is 0.170. The van der Waals surface area contributed by atoms with Gasteiger partial charge in [-0.2, -0.15) is 0 Å². The average molecular weight is 740 g/mol. The lowest BCUT2D eigenvalue weighted by Gasteiger charge is -2.42. The van der Waals surface area contributed by atoms with Crippen molar-refractivity contribution in [3.8, 4) is 45.3 Å². The molecule has 9 aromatic rings. The van der Waals surface area contributed by atoms with Gasteiger partial charge in [0.2, 0.25) is 9.84 Å². The predicted molar refractivity (Wildman–Crippen MR) is 223 cm³/mol. The third-order valence-electron chi connectivity index (χ3n) is 10.9. The van der Waals surface area contributed by atoms with E-state index in [1.807, 2.05) is 103 Å². The summed E-state index contributed by atoms with van der Waals surface area (Å²) in [7, 11) is -3.78. The van der Waals surface area contributed by atoms with Gasteiger partial charge in [0, 0.05) is 16.7 Å². The molecule has 56 heavy (non-hydrogen) atoms. The number of hydrogen-bond acceptors (Lipinski definition) is 5. The third kappa shape index (κ3) is 5.29. The number of fused-ring (bicyclic) bond motifs is 3. The van der Waals surface area contributed by atoms with Crippen molar-refractivity contribution in [2.24, 2.45) is 0 Å². The van der Waals surface area contributed by atoms with Crippen LogP contribution < -0.4 is 0 Å². The fraction of sp³-hybridized carbons (Fsp3) is 0.0200. The fourth-order valence-electron chi connectivity index (χ4n) is 8.35. The molecule has 1 aliphatic heterocycles. The van der Waals surface area contributed by atoms with Gasteiger partial charge in [0.15, 0.2) is 17.5 Å². The molecule has 0 bridgehead atoms. The van der Waals surface area contributed by atoms with Crippen molar-refractivity contribution in [3.05, 3.63) is 222 Å². The number of rotatable bonds is 6. The third-order valence-corrected chi connectivity index (χ3v) is 12.7. The van der Waals surface area contributed by atoms with Crippen LogP contribution in [0.25, 0.3) is 56.1 Å². The molecule has 0 aliphatic carbocycles. The van der Waals surface area contributed by atoms with E-state index in [0.29, 0.717) is 27.3 Å². The smallest absolute Gasteiger partial charge is 0.207 e. The molecule has 266 valence electrons. The van der Waals surface area contributed by atoms with Gasteiger partial charge in [-0.25, -0.2) is 23.4 Å². The highest BCUT2D eigenvalue weighted by molar-refractivity contribution is 7.91. The Morgan fingerprint density at radius 1 is 0.357 bits per heavy atom. The molecule has 0 radical (unpaired) electrons. The summed E-state index contributed by atoms with van der Waals surface area (Å²) < 4.78 is 28.5. The summed E-state index contributed by atoms with van der Waals surface area (Å²) in [5, 5.41) is 2.19. The van der Waals surface area contributed by atoms with Crippen molar-refractivity contribution in [1.82, 2.24) is 15.0 Å². The lowest BCUT2D eigenvalue weighted by Crippen LogP contribution is -2.38. The molecule has 0 saturated carbocycles. The maximum absolute atomic E-state index is 14.3. The molecule has 6 heteroatoms. The summed E-state index contributed by atoms with van der Waals surface area (Å²) in [4.78, 5) is 15.7. The van der Waals surface area contributed by atoms with Gasteiger partial charge in [0.25, 0.3) is 0 Å². The van der Waals surface area contributed by atoms with E-state index in [1.165, 1.54) is 0 Å². The zero-order chi connectivity index (χ0) is 37.7. The van der Waals surface area contributed by atoms with Crippen LogP contribution in [0.1, 0.15) is 22.3 Å². The molecule has 10 rings (SSSR count). The lowest BCUT2D eigenvalue weighted by atomic mass is 9.63. The highest BCUT2D eigenvalue weighted by atomic mass is 32.2. The van der Waals surface area contributed by atoms with Gasteiger partial charge in [-0.05, 0) is 56.3 Å². The number of hydrogen-bond donors (Lipinski definition) is 0. The minimum Gasteiger partial charge on any atom is -0.218 e. The molecular weight excluding hydrogens is 707 g/mol. The molecule has 0 unspecified atom stereocenters. The Bertz CT molecular complexity index is 2980. The standard InChI is InChI=1S/C50H33N3O2S/c54-56(55)45-28-13-11-26-43(45)50(38-20-5-2-6-21-38,44-27-12-14-29-46(44)56)42-25-10-9-23-40(42)35-30-32-37(33-31-35)48-51-47(36-17-3-1-4-18-36)52-49(53-48)41-24-15-19-34-16-7-8-22-39(34)41/h1-33H. The summed E-state index contributed by atoms with van der Waals surface area (Å²) in [6.07, 6.45) is 0. The first-order chi connectivity index (χ1) is 27.5. The lowest BCUT2D eigenvalue weighted by molar-refractivity contribution is 0.579. The van der Waals surface area contributed by atoms with Crippen LogP contribution in [0.5, 0.6) is 0 Å². The molecule has 0 N–H and O–H groups in total. The van der Waals surface area contributed by atoms with E-state index in [0.717, 1.165) is 60.8 Å². The summed E-state index contributed by atoms with van der Waals surface area (Å²) in [5.41, 5.74) is 7.17. The first-order valence-electron chi connectivity index (χ1n) is 18.5. The van der Waals surface area contributed by atoms with Gasteiger partial charge in [-0.1, -0.05) is 188 Å². The van der Waals surface area contributed by atoms with E-state index in [9.17, 15) is 8.42 Å². The fourth-order valence-corrected chi connectivity index (χ4v) is 10.1. The first kappa shape index (κ1) is 33.5. The van der Waals surface area contributed by atoms with Crippen LogP contribution in [0.15, 0.2) is 210 Å². The largest absolute Gasteiger partial charge is 0.218 e. The predicted octanol–water partition coefficient (Wildman–Crippen LogP) is 11.2. The summed E-state index contributed by atoms with van der Waals surface area (Å²) >= 11 is 0. The van der Waals surface area contributed by atoms with E-state index >= 15 is 0 Å². The zero-order valence-electron chi connectivity index (χ0n) is 30.1. The van der Waals surface area contributed by atoms with Gasteiger partial charge >= 0.3 is 0 Å². The van der Waals surface area contributed by atoms with Crippen LogP contribution >= 0.6 is 0 Å². The van der Waals surface area contributed by atoms with Crippen LogP contribution in [0, 0.1) is 0 Å². The van der Waals surface area contributed by atoms with Crippen LogP contribution in [0.3, 0.4) is 0 Å². The normalized spacial score (nSPS) is 13.8. The first-order valence-corrected chi connectivity index (χ1v) is 20.0. The van der Waals surface area contributed by atoms with E-state index in [-0.39, 0.29) is 0 Å². The Balaban J connectivity index is 1.16. The molecule has 0 amide bonds. The van der Waals surface area contributed by atoms with Crippen molar-refractivity contribution < 1.29 is 8.42 Å². The molecule has 8 aromatic carbocycles. The number of sulfone groups is 1. The molecule has 0 saturated heterocycles. The van der Waals surface area contributed by atoms with Crippen LogP contribution in [-0.2, 0) is 15.3 Å². The Kier molecular flexibility index (Phi) is 8.01. The zero-order valence-corrected chi connectivity index (χ0v) is 30.9. The number of benzene rings is 8. The van der Waals surface area contributed by atoms with Gasteiger partial charge < -0.3 is 0 Å². The van der Waals surface area contributed by atoms with E-state index in [2.05, 4.69) is 72.8 Å². The Hall–Kier alpha value is -7.02. The van der Waals surface area contributed by atoms with E-state index < -0.39 is 15.3 Å². The van der Waals surface area contributed by atoms with E-state index in [1.54, 1.807) is 24.3 Å². The SMILES string of the molecule is O=S1(=O)c2ccccc2C(c2ccccc2)(c2ccccc2-c2ccc(-c3nc(-c4ccccc4)nc(-c4cccc5ccccc45)n3)cc2)c2ccccc21. The molecule has 2 heterocycles. The van der Waals surface area contributed by atoms with Gasteiger partial charge in [-0.15, -0.1) is 0 Å². The molecule has 0 fully saturated rings. The minimum atomic E-state index is -3.78. The van der Waals surface area contributed by atoms with Crippen molar-refractivity contribution in [2.75, 3.05) is 0 Å². The van der Waals surface area contributed by atoms with Crippen molar-refractivity contribution in [1.29, 1.82) is 0 Å². The van der Waals surface area contributed by atoms with Crippen molar-refractivity contribution in [2.45, 2.75) is 15.2 Å². The second-order valence-electron chi connectivity index (χ2n) is 13.9. The molecule has 5 nitrogen and oxygen atoms in total. The van der Waals surface area contributed by atoms with Crippen molar-refractivity contribution >= 4 is 20.6 Å². The monoisotopic (exact) mass is 739 g/mol. The highest BCUT2D eigenvalue weighted by Gasteiger charge is 2.49. The summed E-state index contributed by atoms with van der Waals surface area (Å²) in [5.74, 6) is 1.78. The average Bonchev–Trinajstić information content (AvgIpc) is 3.27. The molecule has 0 spiro atoms. The van der Waals surface area contributed by atoms with Gasteiger partial charge in [0.1, 0.15) is 0 Å². The molecule has 1 aliphatic rings. The number of aromatic nitrogens is 3. The Morgan fingerprint density at radius 2 is 0.821 bits per heavy atom. The summed E-state index contributed by atoms with van der Waals surface area (Å²) in [6.45, 7) is 0. The Labute approximate surface area is 325 Å². The maximum atomic E-state index is 14.3. The minimum absolute atomic E-state index is 0.318. The van der Waals surface area contributed by atoms with Crippen LogP contribution in [0.4, 0.5) is 0 Å². The van der Waals surface area contributed by atoms with Crippen LogP contribution in [0.2, 0.25) is 0 Å². The number of nitrogens with zero attached hydrogens (tertiary/aromatic N) is 3. The van der Waals surface area contributed by atoms with Crippen molar-refractivity contribution in [3.63, 3.8) is 0 Å². The topological polar surface area (TPSA) is 72.8 Å². The van der Waals surface area contributed by atoms with Gasteiger partial charge in [-0.3, -0.25) is 0 Å². The molecule has 0 atom stereocenters. The second kappa shape index (κ2) is 13.4. The van der Waals surface area contributed by atoms with E-state index in [4.69, 9.17) is 15.0 Å². The highest BCUT2D eigenvalue weighted by Crippen LogP contribution is 2.55. The summed E-state index contributed by atoms with van der Waals surface area (Å²) in [6, 6.07) is 66.3. The molecule has 1 aromatic heterocycles. The van der Waals surface area contributed by atoms with Crippen LogP contribution in [-0.4, -0.2) is 23.4 Å². The maximum Gasteiger partial charge on any atom is 0.207 e. The second-order valence-corrected chi connectivity index (χ2v) is 15.8. The Morgan fingerprint density at radius 3 is 1.50 bits per heavy atom. The van der Waals surface area contributed by atoms with Gasteiger partial charge in [0.05, 0.1) is 15.2 Å².